The van der Waals surface area contributed by atoms with Gasteiger partial charge in [0.1, 0.15) is 0 Å². The summed E-state index contributed by atoms with van der Waals surface area (Å²) in [4.78, 5) is 13.0. The number of rotatable bonds is 4. The number of hydrogen-bond acceptors (Lipinski definition) is 3. The SMILES string of the molecule is Cc1ccc(S(=O)(=O)N2CCC(C)CC2)cc1C(=O)Nc1cccc(Cl)c1C. The zero-order valence-electron chi connectivity index (χ0n) is 16.3. The molecule has 1 aliphatic rings. The number of aryl methyl sites for hydroxylation is 1. The number of amides is 1. The quantitative estimate of drug-likeness (QED) is 0.784. The fourth-order valence-corrected chi connectivity index (χ4v) is 4.98. The summed E-state index contributed by atoms with van der Waals surface area (Å²) in [6.45, 7) is 6.78. The van der Waals surface area contributed by atoms with E-state index in [9.17, 15) is 13.2 Å². The van der Waals surface area contributed by atoms with E-state index in [4.69, 9.17) is 11.6 Å². The highest BCUT2D eigenvalue weighted by atomic mass is 35.5. The van der Waals surface area contributed by atoms with E-state index in [1.807, 2.05) is 6.92 Å². The molecule has 0 spiro atoms. The van der Waals surface area contributed by atoms with Crippen LogP contribution in [0.5, 0.6) is 0 Å². The van der Waals surface area contributed by atoms with Gasteiger partial charge in [0.05, 0.1) is 4.90 Å². The lowest BCUT2D eigenvalue weighted by atomic mass is 10.0. The van der Waals surface area contributed by atoms with Gasteiger partial charge in [-0.05, 0) is 68.0 Å². The molecule has 28 heavy (non-hydrogen) atoms. The molecule has 5 nitrogen and oxygen atoms in total. The van der Waals surface area contributed by atoms with E-state index >= 15 is 0 Å². The lowest BCUT2D eigenvalue weighted by Crippen LogP contribution is -2.38. The van der Waals surface area contributed by atoms with Crippen molar-refractivity contribution in [2.75, 3.05) is 18.4 Å². The first-order valence-corrected chi connectivity index (χ1v) is 11.2. The van der Waals surface area contributed by atoms with Crippen LogP contribution < -0.4 is 5.32 Å². The molecule has 2 aromatic rings. The Balaban J connectivity index is 1.89. The summed E-state index contributed by atoms with van der Waals surface area (Å²) >= 11 is 6.12. The van der Waals surface area contributed by atoms with Gasteiger partial charge in [0.15, 0.2) is 0 Å². The fourth-order valence-electron chi connectivity index (χ4n) is 3.31. The van der Waals surface area contributed by atoms with Gasteiger partial charge in [-0.2, -0.15) is 4.31 Å². The second-order valence-corrected chi connectivity index (χ2v) is 9.77. The molecule has 2 aromatic carbocycles. The number of halogens is 1. The van der Waals surface area contributed by atoms with Crippen molar-refractivity contribution >= 4 is 33.2 Å². The Hall–Kier alpha value is -1.89. The molecule has 1 heterocycles. The van der Waals surface area contributed by atoms with E-state index in [2.05, 4.69) is 12.2 Å². The van der Waals surface area contributed by atoms with Crippen LogP contribution in [-0.2, 0) is 10.0 Å². The van der Waals surface area contributed by atoms with Gasteiger partial charge < -0.3 is 5.32 Å². The van der Waals surface area contributed by atoms with Crippen LogP contribution in [0.1, 0.15) is 41.3 Å². The molecule has 0 radical (unpaired) electrons. The van der Waals surface area contributed by atoms with Gasteiger partial charge in [-0.1, -0.05) is 30.7 Å². The van der Waals surface area contributed by atoms with E-state index in [1.54, 1.807) is 37.3 Å². The molecular formula is C21H25ClN2O3S. The summed E-state index contributed by atoms with van der Waals surface area (Å²) in [5.41, 5.74) is 2.42. The average molecular weight is 421 g/mol. The second kappa shape index (κ2) is 8.23. The van der Waals surface area contributed by atoms with Crippen LogP contribution in [-0.4, -0.2) is 31.7 Å². The van der Waals surface area contributed by atoms with Crippen LogP contribution in [0.25, 0.3) is 0 Å². The van der Waals surface area contributed by atoms with Gasteiger partial charge >= 0.3 is 0 Å². The van der Waals surface area contributed by atoms with Crippen molar-refractivity contribution in [3.63, 3.8) is 0 Å². The van der Waals surface area contributed by atoms with Crippen LogP contribution in [0.4, 0.5) is 5.69 Å². The Morgan fingerprint density at radius 3 is 2.50 bits per heavy atom. The van der Waals surface area contributed by atoms with Crippen LogP contribution in [0.3, 0.4) is 0 Å². The third-order valence-corrected chi connectivity index (χ3v) is 7.65. The number of carbonyl (C=O) groups excluding carboxylic acids is 1. The highest BCUT2D eigenvalue weighted by Gasteiger charge is 2.29. The first kappa shape index (κ1) is 20.8. The minimum atomic E-state index is -3.61. The first-order valence-electron chi connectivity index (χ1n) is 9.37. The maximum Gasteiger partial charge on any atom is 0.255 e. The maximum absolute atomic E-state index is 13.0. The molecule has 0 atom stereocenters. The highest BCUT2D eigenvalue weighted by molar-refractivity contribution is 7.89. The van der Waals surface area contributed by atoms with Crippen molar-refractivity contribution in [2.24, 2.45) is 5.92 Å². The zero-order chi connectivity index (χ0) is 20.5. The van der Waals surface area contributed by atoms with Crippen molar-refractivity contribution < 1.29 is 13.2 Å². The lowest BCUT2D eigenvalue weighted by Gasteiger charge is -2.29. The van der Waals surface area contributed by atoms with Crippen LogP contribution >= 0.6 is 11.6 Å². The van der Waals surface area contributed by atoms with Crippen molar-refractivity contribution in [1.82, 2.24) is 4.31 Å². The number of anilines is 1. The largest absolute Gasteiger partial charge is 0.322 e. The van der Waals surface area contributed by atoms with Gasteiger partial charge in [-0.15, -0.1) is 0 Å². The molecule has 7 heteroatoms. The van der Waals surface area contributed by atoms with Crippen LogP contribution in [0.15, 0.2) is 41.3 Å². The van der Waals surface area contributed by atoms with E-state index in [0.717, 1.165) is 18.4 Å². The fraction of sp³-hybridized carbons (Fsp3) is 0.381. The van der Waals surface area contributed by atoms with Crippen molar-refractivity contribution in [3.05, 3.63) is 58.1 Å². The van der Waals surface area contributed by atoms with E-state index < -0.39 is 10.0 Å². The monoisotopic (exact) mass is 420 g/mol. The molecule has 0 aliphatic carbocycles. The molecule has 1 saturated heterocycles. The summed E-state index contributed by atoms with van der Waals surface area (Å²) in [6, 6.07) is 10.0. The van der Waals surface area contributed by atoms with Crippen LogP contribution in [0, 0.1) is 19.8 Å². The maximum atomic E-state index is 13.0. The van der Waals surface area contributed by atoms with Gasteiger partial charge in [-0.3, -0.25) is 4.79 Å². The van der Waals surface area contributed by atoms with Gasteiger partial charge in [0.25, 0.3) is 5.91 Å². The summed E-state index contributed by atoms with van der Waals surface area (Å²) in [5, 5.41) is 3.40. The number of piperidine rings is 1. The highest BCUT2D eigenvalue weighted by Crippen LogP contribution is 2.27. The Labute approximate surface area is 171 Å². The minimum Gasteiger partial charge on any atom is -0.322 e. The predicted octanol–water partition coefficient (Wildman–Crippen LogP) is 4.63. The van der Waals surface area contributed by atoms with Gasteiger partial charge in [0, 0.05) is 29.4 Å². The molecule has 0 saturated carbocycles. The Morgan fingerprint density at radius 2 is 1.82 bits per heavy atom. The molecule has 1 amide bonds. The minimum absolute atomic E-state index is 0.153. The normalized spacial score (nSPS) is 16.1. The number of nitrogens with zero attached hydrogens (tertiary/aromatic N) is 1. The Kier molecular flexibility index (Phi) is 6.12. The Bertz CT molecular complexity index is 997. The van der Waals surface area contributed by atoms with Crippen LogP contribution in [0.2, 0.25) is 5.02 Å². The molecule has 0 aromatic heterocycles. The third kappa shape index (κ3) is 4.24. The standard InChI is InChI=1S/C21H25ClN2O3S/c1-14-9-11-24(12-10-14)28(26,27)17-8-7-15(2)18(13-17)21(25)23-20-6-4-5-19(22)16(20)3/h4-8,13-14H,9-12H2,1-3H3,(H,23,25). The molecule has 1 N–H and O–H groups in total. The summed E-state index contributed by atoms with van der Waals surface area (Å²) in [6.07, 6.45) is 1.71. The number of sulfonamides is 1. The molecule has 1 aliphatic heterocycles. The van der Waals surface area contributed by atoms with E-state index in [1.165, 1.54) is 10.4 Å². The van der Waals surface area contributed by atoms with Crippen molar-refractivity contribution in [2.45, 2.75) is 38.5 Å². The number of benzene rings is 2. The first-order chi connectivity index (χ1) is 13.2. The number of carbonyl (C=O) groups is 1. The lowest BCUT2D eigenvalue weighted by molar-refractivity contribution is 0.102. The van der Waals surface area contributed by atoms with Gasteiger partial charge in [-0.25, -0.2) is 8.42 Å². The van der Waals surface area contributed by atoms with Crippen molar-refractivity contribution in [1.29, 1.82) is 0 Å². The molecule has 3 rings (SSSR count). The number of hydrogen-bond donors (Lipinski definition) is 1. The summed E-state index contributed by atoms with van der Waals surface area (Å²) < 4.78 is 27.5. The van der Waals surface area contributed by atoms with Gasteiger partial charge in [0.2, 0.25) is 10.0 Å². The molecule has 0 unspecified atom stereocenters. The smallest absolute Gasteiger partial charge is 0.255 e. The molecule has 1 fully saturated rings. The second-order valence-electron chi connectivity index (χ2n) is 7.43. The predicted molar refractivity (Wildman–Crippen MR) is 112 cm³/mol. The molecule has 0 bridgehead atoms. The third-order valence-electron chi connectivity index (χ3n) is 5.35. The van der Waals surface area contributed by atoms with E-state index in [-0.39, 0.29) is 10.8 Å². The summed E-state index contributed by atoms with van der Waals surface area (Å²) in [5.74, 6) is 0.180. The Morgan fingerprint density at radius 1 is 1.14 bits per heavy atom. The van der Waals surface area contributed by atoms with E-state index in [0.29, 0.717) is 40.8 Å². The summed E-state index contributed by atoms with van der Waals surface area (Å²) in [7, 11) is -3.61. The van der Waals surface area contributed by atoms with Crippen molar-refractivity contribution in [3.8, 4) is 0 Å². The topological polar surface area (TPSA) is 66.5 Å². The average Bonchev–Trinajstić information content (AvgIpc) is 2.66. The molecular weight excluding hydrogens is 396 g/mol. The number of nitrogens with one attached hydrogen (secondary N) is 1. The zero-order valence-corrected chi connectivity index (χ0v) is 17.9. The molecule has 150 valence electrons.